The second-order valence-corrected chi connectivity index (χ2v) is 4.70. The maximum absolute atomic E-state index is 11.6. The van der Waals surface area contributed by atoms with E-state index in [1.165, 1.54) is 0 Å². The Hall–Kier alpha value is -2.34. The van der Waals surface area contributed by atoms with Crippen LogP contribution in [0.3, 0.4) is 0 Å². The number of likely N-dealkylation sites (N-methyl/N-ethyl adjacent to an activating group) is 1. The Bertz CT molecular complexity index is 663. The molecule has 1 heterocycles. The molecule has 2 aromatic rings. The first-order chi connectivity index (χ1) is 10.0. The highest BCUT2D eigenvalue weighted by molar-refractivity contribution is 6.03. The zero-order valence-corrected chi connectivity index (χ0v) is 12.0. The lowest BCUT2D eigenvalue weighted by Gasteiger charge is -2.12. The summed E-state index contributed by atoms with van der Waals surface area (Å²) in [6, 6.07) is 6.54. The minimum atomic E-state index is -1.04. The van der Waals surface area contributed by atoms with Gasteiger partial charge in [-0.25, -0.2) is 4.79 Å². The Balaban J connectivity index is 2.20. The third-order valence-corrected chi connectivity index (χ3v) is 3.20. The van der Waals surface area contributed by atoms with E-state index in [1.807, 2.05) is 6.92 Å². The van der Waals surface area contributed by atoms with Crippen molar-refractivity contribution >= 4 is 22.8 Å². The summed E-state index contributed by atoms with van der Waals surface area (Å²) in [5.74, 6) is -0.854. The van der Waals surface area contributed by atoms with Crippen molar-refractivity contribution in [3.63, 3.8) is 0 Å². The van der Waals surface area contributed by atoms with Gasteiger partial charge in [-0.3, -0.25) is 10.1 Å². The molecule has 1 unspecified atom stereocenters. The van der Waals surface area contributed by atoms with Crippen LogP contribution in [-0.2, 0) is 11.3 Å². The second-order valence-electron chi connectivity index (χ2n) is 4.70. The standard InChI is InChI=1S/C15H18N2O4/c1-3-16-14(18)9(2)17-8-12-13(15(19)20)10-6-4-5-7-11(10)21-12/h4-7,9,17H,3,8H2,1-2H3,(H,16,18)(H,19,20). The van der Waals surface area contributed by atoms with Crippen molar-refractivity contribution in [2.45, 2.75) is 26.4 Å². The monoisotopic (exact) mass is 290 g/mol. The third kappa shape index (κ3) is 3.22. The lowest BCUT2D eigenvalue weighted by molar-refractivity contribution is -0.122. The van der Waals surface area contributed by atoms with Crippen molar-refractivity contribution in [1.29, 1.82) is 0 Å². The van der Waals surface area contributed by atoms with Crippen molar-refractivity contribution in [3.05, 3.63) is 35.6 Å². The SMILES string of the molecule is CCNC(=O)C(C)NCc1oc2ccccc2c1C(=O)O. The van der Waals surface area contributed by atoms with Gasteiger partial charge in [0.05, 0.1) is 12.6 Å². The number of aromatic carboxylic acids is 1. The average Bonchev–Trinajstić information content (AvgIpc) is 2.83. The van der Waals surface area contributed by atoms with E-state index in [9.17, 15) is 14.7 Å². The highest BCUT2D eigenvalue weighted by Gasteiger charge is 2.21. The molecule has 21 heavy (non-hydrogen) atoms. The number of amides is 1. The summed E-state index contributed by atoms with van der Waals surface area (Å²) in [6.45, 7) is 4.28. The number of rotatable bonds is 6. The molecular weight excluding hydrogens is 272 g/mol. The highest BCUT2D eigenvalue weighted by Crippen LogP contribution is 2.25. The third-order valence-electron chi connectivity index (χ3n) is 3.20. The molecule has 0 bridgehead atoms. The Kier molecular flexibility index (Phi) is 4.59. The number of carboxylic acid groups (broad SMARTS) is 1. The van der Waals surface area contributed by atoms with E-state index in [-0.39, 0.29) is 18.0 Å². The largest absolute Gasteiger partial charge is 0.478 e. The molecule has 0 saturated heterocycles. The quantitative estimate of drug-likeness (QED) is 0.754. The summed E-state index contributed by atoms with van der Waals surface area (Å²) in [5.41, 5.74) is 0.665. The number of carbonyl (C=O) groups excluding carboxylic acids is 1. The molecule has 112 valence electrons. The Morgan fingerprint density at radius 3 is 2.71 bits per heavy atom. The average molecular weight is 290 g/mol. The summed E-state index contributed by atoms with van der Waals surface area (Å²) in [5, 5.41) is 15.6. The zero-order chi connectivity index (χ0) is 15.4. The lowest BCUT2D eigenvalue weighted by atomic mass is 10.1. The van der Waals surface area contributed by atoms with Crippen LogP contribution in [0.25, 0.3) is 11.0 Å². The van der Waals surface area contributed by atoms with E-state index in [2.05, 4.69) is 10.6 Å². The second kappa shape index (κ2) is 6.41. The van der Waals surface area contributed by atoms with E-state index >= 15 is 0 Å². The van der Waals surface area contributed by atoms with Gasteiger partial charge in [-0.2, -0.15) is 0 Å². The van der Waals surface area contributed by atoms with Crippen LogP contribution in [0.4, 0.5) is 0 Å². The summed E-state index contributed by atoms with van der Waals surface area (Å²) < 4.78 is 5.58. The van der Waals surface area contributed by atoms with Gasteiger partial charge in [0.1, 0.15) is 16.9 Å². The normalized spacial score (nSPS) is 12.3. The van der Waals surface area contributed by atoms with Crippen molar-refractivity contribution in [3.8, 4) is 0 Å². The van der Waals surface area contributed by atoms with Crippen LogP contribution in [-0.4, -0.2) is 29.6 Å². The number of para-hydroxylation sites is 1. The number of nitrogens with one attached hydrogen (secondary N) is 2. The van der Waals surface area contributed by atoms with Crippen molar-refractivity contribution in [1.82, 2.24) is 10.6 Å². The summed E-state index contributed by atoms with van der Waals surface area (Å²) >= 11 is 0. The molecule has 1 aromatic heterocycles. The Labute approximate surface area is 122 Å². The predicted molar refractivity (Wildman–Crippen MR) is 78.2 cm³/mol. The molecule has 1 atom stereocenters. The fourth-order valence-corrected chi connectivity index (χ4v) is 2.12. The van der Waals surface area contributed by atoms with Crippen LogP contribution in [0, 0.1) is 0 Å². The van der Waals surface area contributed by atoms with Crippen LogP contribution in [0.1, 0.15) is 30.0 Å². The van der Waals surface area contributed by atoms with Crippen LogP contribution in [0.2, 0.25) is 0 Å². The first-order valence-electron chi connectivity index (χ1n) is 6.79. The number of fused-ring (bicyclic) bond motifs is 1. The van der Waals surface area contributed by atoms with Crippen LogP contribution < -0.4 is 10.6 Å². The fourth-order valence-electron chi connectivity index (χ4n) is 2.12. The summed E-state index contributed by atoms with van der Waals surface area (Å²) in [6.07, 6.45) is 0. The van der Waals surface area contributed by atoms with Crippen LogP contribution in [0.15, 0.2) is 28.7 Å². The van der Waals surface area contributed by atoms with E-state index in [0.29, 0.717) is 23.3 Å². The number of hydrogen-bond acceptors (Lipinski definition) is 4. The Morgan fingerprint density at radius 2 is 2.05 bits per heavy atom. The molecule has 6 heteroatoms. The molecule has 3 N–H and O–H groups in total. The molecule has 0 spiro atoms. The van der Waals surface area contributed by atoms with Gasteiger partial charge in [0.25, 0.3) is 0 Å². The zero-order valence-electron chi connectivity index (χ0n) is 12.0. The van der Waals surface area contributed by atoms with E-state index in [0.717, 1.165) is 0 Å². The molecule has 0 saturated carbocycles. The van der Waals surface area contributed by atoms with Gasteiger partial charge < -0.3 is 14.8 Å². The maximum atomic E-state index is 11.6. The Morgan fingerprint density at radius 1 is 1.33 bits per heavy atom. The summed E-state index contributed by atoms with van der Waals surface area (Å²) in [7, 11) is 0. The van der Waals surface area contributed by atoms with Crippen molar-refractivity contribution in [2.75, 3.05) is 6.54 Å². The molecule has 1 aromatic carbocycles. The van der Waals surface area contributed by atoms with Crippen LogP contribution in [0.5, 0.6) is 0 Å². The smallest absolute Gasteiger partial charge is 0.339 e. The highest BCUT2D eigenvalue weighted by atomic mass is 16.4. The van der Waals surface area contributed by atoms with Gasteiger partial charge in [0.2, 0.25) is 5.91 Å². The van der Waals surface area contributed by atoms with Crippen LogP contribution >= 0.6 is 0 Å². The first-order valence-corrected chi connectivity index (χ1v) is 6.79. The molecule has 0 aliphatic heterocycles. The molecular formula is C15H18N2O4. The fraction of sp³-hybridized carbons (Fsp3) is 0.333. The number of hydrogen-bond donors (Lipinski definition) is 3. The maximum Gasteiger partial charge on any atom is 0.339 e. The number of benzene rings is 1. The summed E-state index contributed by atoms with van der Waals surface area (Å²) in [4.78, 5) is 23.0. The molecule has 2 rings (SSSR count). The molecule has 0 fully saturated rings. The van der Waals surface area contributed by atoms with Crippen molar-refractivity contribution in [2.24, 2.45) is 0 Å². The molecule has 0 radical (unpaired) electrons. The van der Waals surface area contributed by atoms with E-state index in [1.54, 1.807) is 31.2 Å². The number of furan rings is 1. The van der Waals surface area contributed by atoms with Gasteiger partial charge in [-0.05, 0) is 19.9 Å². The van der Waals surface area contributed by atoms with Crippen molar-refractivity contribution < 1.29 is 19.1 Å². The van der Waals surface area contributed by atoms with E-state index < -0.39 is 12.0 Å². The minimum absolute atomic E-state index is 0.134. The topological polar surface area (TPSA) is 91.6 Å². The lowest BCUT2D eigenvalue weighted by Crippen LogP contribution is -2.41. The number of carbonyl (C=O) groups is 2. The van der Waals surface area contributed by atoms with Gasteiger partial charge in [-0.1, -0.05) is 18.2 Å². The van der Waals surface area contributed by atoms with Gasteiger partial charge in [0, 0.05) is 11.9 Å². The number of carboxylic acids is 1. The van der Waals surface area contributed by atoms with Gasteiger partial charge >= 0.3 is 5.97 Å². The first kappa shape index (κ1) is 15.1. The molecule has 0 aliphatic rings. The molecule has 0 aliphatic carbocycles. The minimum Gasteiger partial charge on any atom is -0.478 e. The van der Waals surface area contributed by atoms with Gasteiger partial charge in [-0.15, -0.1) is 0 Å². The predicted octanol–water partition coefficient (Wildman–Crippen LogP) is 1.75. The van der Waals surface area contributed by atoms with E-state index in [4.69, 9.17) is 4.42 Å². The molecule has 1 amide bonds. The molecule has 6 nitrogen and oxygen atoms in total. The van der Waals surface area contributed by atoms with Gasteiger partial charge in [0.15, 0.2) is 0 Å².